The first-order valence-corrected chi connectivity index (χ1v) is 26.8. The van der Waals surface area contributed by atoms with E-state index in [1.807, 2.05) is 0 Å². The van der Waals surface area contributed by atoms with Crippen LogP contribution >= 0.6 is 0 Å². The van der Waals surface area contributed by atoms with Crippen molar-refractivity contribution >= 4 is 64.6 Å². The Kier molecular flexibility index (Phi) is 10.9. The van der Waals surface area contributed by atoms with Crippen molar-refractivity contribution in [2.24, 2.45) is 0 Å². The van der Waals surface area contributed by atoms with Gasteiger partial charge < -0.3 is 0 Å². The molecule has 0 aliphatic carbocycles. The maximum absolute atomic E-state index is 5.20. The van der Waals surface area contributed by atoms with E-state index in [2.05, 4.69) is 291 Å². The first-order valence-electron chi connectivity index (χ1n) is 26.8. The Morgan fingerprint density at radius 2 is 0.474 bits per heavy atom. The second-order valence-electron chi connectivity index (χ2n) is 20.3. The van der Waals surface area contributed by atoms with Crippen LogP contribution in [0.4, 0.5) is 0 Å². The minimum atomic E-state index is 0.951. The number of pyridine rings is 2. The Bertz CT molecular complexity index is 4670. The first-order chi connectivity index (χ1) is 38.7. The monoisotopic (exact) mass is 988 g/mol. The fourth-order valence-corrected chi connectivity index (χ4v) is 12.4. The zero-order chi connectivity index (χ0) is 51.5. The van der Waals surface area contributed by atoms with Crippen LogP contribution in [0.1, 0.15) is 0 Å². The van der Waals surface area contributed by atoms with Crippen LogP contribution in [0.25, 0.3) is 154 Å². The van der Waals surface area contributed by atoms with E-state index in [-0.39, 0.29) is 0 Å². The normalized spacial score (nSPS) is 11.6. The van der Waals surface area contributed by atoms with Crippen molar-refractivity contribution in [3.8, 4) is 89.3 Å². The zero-order valence-electron chi connectivity index (χ0n) is 42.6. The molecule has 0 radical (unpaired) electrons. The molecule has 2 heterocycles. The summed E-state index contributed by atoms with van der Waals surface area (Å²) in [6.45, 7) is 0. The van der Waals surface area contributed by atoms with Crippen molar-refractivity contribution < 1.29 is 0 Å². The predicted octanol–water partition coefficient (Wildman–Crippen LogP) is 20.7. The highest BCUT2D eigenvalue weighted by molar-refractivity contribution is 6.23. The van der Waals surface area contributed by atoms with Crippen molar-refractivity contribution in [2.45, 2.75) is 0 Å². The molecular weight excluding hydrogens is 941 g/mol. The predicted molar refractivity (Wildman–Crippen MR) is 331 cm³/mol. The molecule has 2 aromatic heterocycles. The Hall–Kier alpha value is -10.3. The molecule has 0 saturated carbocycles. The summed E-state index contributed by atoms with van der Waals surface area (Å²) in [7, 11) is 0. The molecule has 0 aliphatic heterocycles. The largest absolute Gasteiger partial charge is 0.256 e. The summed E-state index contributed by atoms with van der Waals surface area (Å²) in [5.41, 5.74) is 18.4. The van der Waals surface area contributed by atoms with E-state index in [0.717, 1.165) is 33.6 Å². The molecule has 0 fully saturated rings. The van der Waals surface area contributed by atoms with Crippen LogP contribution < -0.4 is 0 Å². The summed E-state index contributed by atoms with van der Waals surface area (Å²) >= 11 is 0. The number of benzene rings is 13. The fraction of sp³-hybridized carbons (Fsp3) is 0. The molecular formula is C76H48N2. The van der Waals surface area contributed by atoms with Gasteiger partial charge in [-0.1, -0.05) is 267 Å². The SMILES string of the molecule is c1ccc(-c2c3ccccc3c(-c3ccc(-c4ccc(-c5ccc(-c6ccc(-c7c8ccccc8c(-c8ccc(-c9cccc%10ccccc9%10)nc8)c8ccccc78)cc6)cc5)c5ccccc45)nc3)c3ccccc23)cc1. The lowest BCUT2D eigenvalue weighted by Gasteiger charge is -2.18. The summed E-state index contributed by atoms with van der Waals surface area (Å²) in [5.74, 6) is 0. The van der Waals surface area contributed by atoms with E-state index in [9.17, 15) is 0 Å². The van der Waals surface area contributed by atoms with Crippen LogP contribution in [0.3, 0.4) is 0 Å². The van der Waals surface area contributed by atoms with Gasteiger partial charge in [-0.3, -0.25) is 9.97 Å². The molecule has 0 saturated heterocycles. The Morgan fingerprint density at radius 3 is 0.923 bits per heavy atom. The third-order valence-corrected chi connectivity index (χ3v) is 16.0. The molecule has 2 heteroatoms. The van der Waals surface area contributed by atoms with Crippen LogP contribution in [-0.4, -0.2) is 9.97 Å². The Balaban J connectivity index is 0.733. The minimum Gasteiger partial charge on any atom is -0.256 e. The third kappa shape index (κ3) is 7.57. The van der Waals surface area contributed by atoms with Gasteiger partial charge in [0, 0.05) is 34.6 Å². The van der Waals surface area contributed by atoms with Crippen LogP contribution in [0.2, 0.25) is 0 Å². The van der Waals surface area contributed by atoms with E-state index in [1.54, 1.807) is 0 Å². The van der Waals surface area contributed by atoms with Gasteiger partial charge in [-0.05, 0) is 132 Å². The number of rotatable bonds is 8. The van der Waals surface area contributed by atoms with Gasteiger partial charge in [-0.2, -0.15) is 0 Å². The zero-order valence-corrected chi connectivity index (χ0v) is 42.6. The molecule has 0 atom stereocenters. The van der Waals surface area contributed by atoms with Gasteiger partial charge in [0.05, 0.1) is 11.4 Å². The molecule has 0 N–H and O–H groups in total. The standard InChI is InChI=1S/C76H48N2/c1-2-18-53(19-3-1)73-63-24-8-12-28-67(63)75(68-29-13-9-25-64(68)73)56-42-46-72(78-48-56)62-44-43-58(59-22-6-7-23-60(59)62)52-37-33-49(34-38-52)50-35-39-54(40-36-50)74-65-26-10-14-30-69(65)76(70-31-15-11-27-66(70)74)55-41-45-71(77-47-55)61-32-16-20-51-17-4-5-21-57(51)61/h1-48H. The molecule has 0 aliphatic rings. The van der Waals surface area contributed by atoms with Crippen LogP contribution in [0, 0.1) is 0 Å². The average Bonchev–Trinajstić information content (AvgIpc) is 3.67. The molecule has 78 heavy (non-hydrogen) atoms. The summed E-state index contributed by atoms with van der Waals surface area (Å²) in [6.07, 6.45) is 4.11. The second kappa shape index (κ2) is 18.8. The lowest BCUT2D eigenvalue weighted by atomic mass is 9.86. The van der Waals surface area contributed by atoms with Gasteiger partial charge in [-0.25, -0.2) is 0 Å². The van der Waals surface area contributed by atoms with Crippen LogP contribution in [0.5, 0.6) is 0 Å². The van der Waals surface area contributed by atoms with Gasteiger partial charge >= 0.3 is 0 Å². The molecule has 15 rings (SSSR count). The number of nitrogens with zero attached hydrogens (tertiary/aromatic N) is 2. The summed E-state index contributed by atoms with van der Waals surface area (Å²) in [5, 5.41) is 14.6. The first kappa shape index (κ1) is 45.1. The highest BCUT2D eigenvalue weighted by Crippen LogP contribution is 2.46. The maximum atomic E-state index is 5.20. The highest BCUT2D eigenvalue weighted by Gasteiger charge is 2.20. The molecule has 13 aromatic carbocycles. The molecule has 0 spiro atoms. The Morgan fingerprint density at radius 1 is 0.167 bits per heavy atom. The van der Waals surface area contributed by atoms with Gasteiger partial charge in [0.25, 0.3) is 0 Å². The van der Waals surface area contributed by atoms with Crippen molar-refractivity contribution in [3.05, 3.63) is 291 Å². The summed E-state index contributed by atoms with van der Waals surface area (Å²) in [6, 6.07) is 101. The molecule has 362 valence electrons. The number of hydrogen-bond donors (Lipinski definition) is 0. The summed E-state index contributed by atoms with van der Waals surface area (Å²) < 4.78 is 0. The topological polar surface area (TPSA) is 25.8 Å². The number of aromatic nitrogens is 2. The minimum absolute atomic E-state index is 0.951. The van der Waals surface area contributed by atoms with E-state index in [4.69, 9.17) is 9.97 Å². The Labute approximate surface area is 452 Å². The summed E-state index contributed by atoms with van der Waals surface area (Å²) in [4.78, 5) is 10.3. The van der Waals surface area contributed by atoms with E-state index in [1.165, 1.54) is 120 Å². The van der Waals surface area contributed by atoms with E-state index < -0.39 is 0 Å². The van der Waals surface area contributed by atoms with Crippen molar-refractivity contribution in [3.63, 3.8) is 0 Å². The van der Waals surface area contributed by atoms with Gasteiger partial charge in [0.15, 0.2) is 0 Å². The smallest absolute Gasteiger partial charge is 0.0708 e. The van der Waals surface area contributed by atoms with Crippen LogP contribution in [0.15, 0.2) is 291 Å². The average molecular weight is 989 g/mol. The molecule has 2 nitrogen and oxygen atoms in total. The van der Waals surface area contributed by atoms with E-state index in [0.29, 0.717) is 0 Å². The molecule has 0 amide bonds. The second-order valence-corrected chi connectivity index (χ2v) is 20.3. The molecule has 0 bridgehead atoms. The quantitative estimate of drug-likeness (QED) is 0.142. The fourth-order valence-electron chi connectivity index (χ4n) is 12.4. The van der Waals surface area contributed by atoms with Gasteiger partial charge in [0.2, 0.25) is 0 Å². The molecule has 0 unspecified atom stereocenters. The van der Waals surface area contributed by atoms with Crippen molar-refractivity contribution in [1.82, 2.24) is 9.97 Å². The number of hydrogen-bond acceptors (Lipinski definition) is 2. The lowest BCUT2D eigenvalue weighted by Crippen LogP contribution is -1.92. The van der Waals surface area contributed by atoms with Gasteiger partial charge in [0.1, 0.15) is 0 Å². The highest BCUT2D eigenvalue weighted by atomic mass is 14.7. The maximum Gasteiger partial charge on any atom is 0.0708 e. The number of fused-ring (bicyclic) bond motifs is 6. The lowest BCUT2D eigenvalue weighted by molar-refractivity contribution is 1.34. The van der Waals surface area contributed by atoms with Gasteiger partial charge in [-0.15, -0.1) is 0 Å². The third-order valence-electron chi connectivity index (χ3n) is 16.0. The van der Waals surface area contributed by atoms with Crippen LogP contribution in [-0.2, 0) is 0 Å². The van der Waals surface area contributed by atoms with E-state index >= 15 is 0 Å². The van der Waals surface area contributed by atoms with Crippen molar-refractivity contribution in [1.29, 1.82) is 0 Å². The van der Waals surface area contributed by atoms with Crippen molar-refractivity contribution in [2.75, 3.05) is 0 Å². The molecule has 15 aromatic rings.